The van der Waals surface area contributed by atoms with Crippen molar-refractivity contribution in [2.45, 2.75) is 12.5 Å². The van der Waals surface area contributed by atoms with Crippen molar-refractivity contribution in [3.63, 3.8) is 0 Å². The SMILES string of the molecule is O=c1n(-c2ccc(C3CNNC3)cc2)cnn1Cc1ccccc1. The molecule has 0 bridgehead atoms. The Hall–Kier alpha value is -2.70. The van der Waals surface area contributed by atoms with Crippen molar-refractivity contribution >= 4 is 0 Å². The van der Waals surface area contributed by atoms with Gasteiger partial charge in [-0.2, -0.15) is 5.10 Å². The van der Waals surface area contributed by atoms with Crippen LogP contribution in [-0.2, 0) is 6.54 Å². The number of nitrogens with zero attached hydrogens (tertiary/aromatic N) is 3. The van der Waals surface area contributed by atoms with E-state index in [9.17, 15) is 4.79 Å². The Bertz CT molecular complexity index is 860. The van der Waals surface area contributed by atoms with Crippen LogP contribution in [0.25, 0.3) is 5.69 Å². The van der Waals surface area contributed by atoms with Gasteiger partial charge in [-0.1, -0.05) is 42.5 Å². The summed E-state index contributed by atoms with van der Waals surface area (Å²) in [5.74, 6) is 0.469. The van der Waals surface area contributed by atoms with Crippen LogP contribution in [0.2, 0.25) is 0 Å². The smallest absolute Gasteiger partial charge is 0.257 e. The summed E-state index contributed by atoms with van der Waals surface area (Å²) in [5, 5.41) is 4.23. The average molecular weight is 321 g/mol. The Morgan fingerprint density at radius 1 is 1.00 bits per heavy atom. The summed E-state index contributed by atoms with van der Waals surface area (Å²) in [4.78, 5) is 12.6. The molecule has 0 saturated carbocycles. The van der Waals surface area contributed by atoms with E-state index >= 15 is 0 Å². The van der Waals surface area contributed by atoms with Gasteiger partial charge in [0.1, 0.15) is 6.33 Å². The monoisotopic (exact) mass is 321 g/mol. The van der Waals surface area contributed by atoms with E-state index < -0.39 is 0 Å². The van der Waals surface area contributed by atoms with E-state index in [-0.39, 0.29) is 5.69 Å². The lowest BCUT2D eigenvalue weighted by molar-refractivity contribution is 0.653. The Morgan fingerprint density at radius 3 is 2.42 bits per heavy atom. The first-order chi connectivity index (χ1) is 11.8. The number of benzene rings is 2. The lowest BCUT2D eigenvalue weighted by atomic mass is 10.0. The van der Waals surface area contributed by atoms with Crippen molar-refractivity contribution in [1.82, 2.24) is 25.2 Å². The summed E-state index contributed by atoms with van der Waals surface area (Å²) in [6, 6.07) is 18.0. The van der Waals surface area contributed by atoms with Crippen LogP contribution in [0.3, 0.4) is 0 Å². The molecule has 0 unspecified atom stereocenters. The molecule has 0 radical (unpaired) electrons. The molecule has 1 aliphatic heterocycles. The quantitative estimate of drug-likeness (QED) is 0.760. The van der Waals surface area contributed by atoms with Gasteiger partial charge >= 0.3 is 5.69 Å². The van der Waals surface area contributed by atoms with Crippen LogP contribution >= 0.6 is 0 Å². The number of aromatic nitrogens is 3. The molecule has 1 aliphatic rings. The lowest BCUT2D eigenvalue weighted by Gasteiger charge is -2.08. The topological polar surface area (TPSA) is 63.9 Å². The molecule has 2 aromatic carbocycles. The third-order valence-corrected chi connectivity index (χ3v) is 4.37. The number of nitrogens with one attached hydrogen (secondary N) is 2. The lowest BCUT2D eigenvalue weighted by Crippen LogP contribution is -2.24. The molecule has 1 fully saturated rings. The first-order valence-corrected chi connectivity index (χ1v) is 8.06. The summed E-state index contributed by atoms with van der Waals surface area (Å²) >= 11 is 0. The Balaban J connectivity index is 1.57. The maximum absolute atomic E-state index is 12.6. The van der Waals surface area contributed by atoms with Crippen LogP contribution in [0.15, 0.2) is 65.7 Å². The molecule has 2 N–H and O–H groups in total. The highest BCUT2D eigenvalue weighted by Crippen LogP contribution is 2.18. The van der Waals surface area contributed by atoms with Crippen LogP contribution in [-0.4, -0.2) is 27.4 Å². The zero-order valence-electron chi connectivity index (χ0n) is 13.2. The normalized spacial score (nSPS) is 15.0. The molecule has 0 spiro atoms. The molecule has 2 heterocycles. The number of hydrogen-bond acceptors (Lipinski definition) is 4. The molecular weight excluding hydrogens is 302 g/mol. The van der Waals surface area contributed by atoms with Crippen LogP contribution in [0, 0.1) is 0 Å². The van der Waals surface area contributed by atoms with Crippen LogP contribution in [0.4, 0.5) is 0 Å². The van der Waals surface area contributed by atoms with Gasteiger partial charge < -0.3 is 0 Å². The van der Waals surface area contributed by atoms with Crippen LogP contribution in [0.1, 0.15) is 17.0 Å². The predicted molar refractivity (Wildman–Crippen MR) is 92.1 cm³/mol. The van der Waals surface area contributed by atoms with Crippen LogP contribution < -0.4 is 16.5 Å². The van der Waals surface area contributed by atoms with Crippen molar-refractivity contribution in [3.8, 4) is 5.69 Å². The molecule has 1 saturated heterocycles. The zero-order valence-corrected chi connectivity index (χ0v) is 13.2. The van der Waals surface area contributed by atoms with Gasteiger partial charge in [0.15, 0.2) is 0 Å². The average Bonchev–Trinajstić information content (AvgIpc) is 3.27. The second-order valence-corrected chi connectivity index (χ2v) is 5.98. The molecule has 0 amide bonds. The van der Waals surface area contributed by atoms with Gasteiger partial charge in [0.05, 0.1) is 12.2 Å². The number of hydrazine groups is 1. The van der Waals surface area contributed by atoms with Crippen LogP contribution in [0.5, 0.6) is 0 Å². The summed E-state index contributed by atoms with van der Waals surface area (Å²) in [6.07, 6.45) is 1.58. The van der Waals surface area contributed by atoms with Gasteiger partial charge in [0.25, 0.3) is 0 Å². The molecule has 4 rings (SSSR count). The first-order valence-electron chi connectivity index (χ1n) is 8.06. The van der Waals surface area contributed by atoms with Crippen molar-refractivity contribution in [3.05, 3.63) is 82.5 Å². The molecule has 122 valence electrons. The molecule has 6 nitrogen and oxygen atoms in total. The Labute approximate surface area is 139 Å². The third kappa shape index (κ3) is 2.89. The summed E-state index contributed by atoms with van der Waals surface area (Å²) in [5.41, 5.74) is 9.30. The van der Waals surface area contributed by atoms with E-state index in [1.54, 1.807) is 10.9 Å². The van der Waals surface area contributed by atoms with Gasteiger partial charge in [-0.3, -0.25) is 10.9 Å². The minimum Gasteiger partial charge on any atom is -0.257 e. The van der Waals surface area contributed by atoms with Gasteiger partial charge in [-0.15, -0.1) is 0 Å². The second kappa shape index (κ2) is 6.43. The largest absolute Gasteiger partial charge is 0.350 e. The van der Waals surface area contributed by atoms with E-state index in [4.69, 9.17) is 0 Å². The highest BCUT2D eigenvalue weighted by Gasteiger charge is 2.16. The Morgan fingerprint density at radius 2 is 1.71 bits per heavy atom. The minimum atomic E-state index is -0.129. The fraction of sp³-hybridized carbons (Fsp3) is 0.222. The molecule has 24 heavy (non-hydrogen) atoms. The molecule has 0 atom stereocenters. The van der Waals surface area contributed by atoms with Crippen molar-refractivity contribution in [2.24, 2.45) is 0 Å². The van der Waals surface area contributed by atoms with Gasteiger partial charge in [0.2, 0.25) is 0 Å². The third-order valence-electron chi connectivity index (χ3n) is 4.37. The molecule has 6 heteroatoms. The standard InChI is InChI=1S/C18H19N5O/c24-18-22(13-21-23(18)12-14-4-2-1-3-5-14)17-8-6-15(7-9-17)16-10-19-20-11-16/h1-9,13,16,19-20H,10-12H2. The van der Waals surface area contributed by atoms with Crippen molar-refractivity contribution in [2.75, 3.05) is 13.1 Å². The molecular formula is C18H19N5O. The predicted octanol–water partition coefficient (Wildman–Crippen LogP) is 1.27. The highest BCUT2D eigenvalue weighted by atomic mass is 16.2. The molecule has 3 aromatic rings. The number of rotatable bonds is 4. The van der Waals surface area contributed by atoms with Crippen molar-refractivity contribution in [1.29, 1.82) is 0 Å². The first kappa shape index (κ1) is 14.9. The maximum atomic E-state index is 12.6. The minimum absolute atomic E-state index is 0.129. The highest BCUT2D eigenvalue weighted by molar-refractivity contribution is 5.36. The second-order valence-electron chi connectivity index (χ2n) is 5.98. The van der Waals surface area contributed by atoms with E-state index in [1.165, 1.54) is 10.2 Å². The fourth-order valence-corrected chi connectivity index (χ4v) is 2.98. The molecule has 0 aliphatic carbocycles. The van der Waals surface area contributed by atoms with Gasteiger partial charge in [0, 0.05) is 19.0 Å². The zero-order chi connectivity index (χ0) is 16.4. The summed E-state index contributed by atoms with van der Waals surface area (Å²) < 4.78 is 3.06. The maximum Gasteiger partial charge on any atom is 0.350 e. The summed E-state index contributed by atoms with van der Waals surface area (Å²) in [6.45, 7) is 2.33. The van der Waals surface area contributed by atoms with E-state index in [2.05, 4.69) is 28.1 Å². The van der Waals surface area contributed by atoms with E-state index in [0.29, 0.717) is 12.5 Å². The van der Waals surface area contributed by atoms with Gasteiger partial charge in [-0.05, 0) is 23.3 Å². The van der Waals surface area contributed by atoms with Gasteiger partial charge in [-0.25, -0.2) is 14.0 Å². The summed E-state index contributed by atoms with van der Waals surface area (Å²) in [7, 11) is 0. The fourth-order valence-electron chi connectivity index (χ4n) is 2.98. The Kier molecular flexibility index (Phi) is 3.98. The molecule has 1 aromatic heterocycles. The van der Waals surface area contributed by atoms with E-state index in [0.717, 1.165) is 24.3 Å². The van der Waals surface area contributed by atoms with E-state index in [1.807, 2.05) is 42.5 Å². The number of hydrogen-bond donors (Lipinski definition) is 2. The van der Waals surface area contributed by atoms with Crippen molar-refractivity contribution < 1.29 is 0 Å².